The molecule has 0 saturated carbocycles. The van der Waals surface area contributed by atoms with Crippen molar-refractivity contribution in [1.29, 1.82) is 0 Å². The molecule has 2 heterocycles. The van der Waals surface area contributed by atoms with Crippen LogP contribution in [0.2, 0.25) is 0 Å². The normalized spacial score (nSPS) is 16.3. The van der Waals surface area contributed by atoms with Gasteiger partial charge in [0, 0.05) is 32.3 Å². The number of carbonyl (C=O) groups is 2. The van der Waals surface area contributed by atoms with Gasteiger partial charge in [-0.25, -0.2) is 0 Å². The van der Waals surface area contributed by atoms with E-state index >= 15 is 0 Å². The van der Waals surface area contributed by atoms with E-state index in [-0.39, 0.29) is 32.1 Å². The molecule has 1 aliphatic rings. The van der Waals surface area contributed by atoms with Crippen molar-refractivity contribution in [2.45, 2.75) is 12.6 Å². The van der Waals surface area contributed by atoms with Gasteiger partial charge < -0.3 is 9.80 Å². The molecule has 1 saturated heterocycles. The van der Waals surface area contributed by atoms with Gasteiger partial charge in [-0.1, -0.05) is 0 Å². The van der Waals surface area contributed by atoms with Crippen molar-refractivity contribution < 1.29 is 22.8 Å². The van der Waals surface area contributed by atoms with Gasteiger partial charge in [0.2, 0.25) is 11.8 Å². The Labute approximate surface area is 129 Å². The third-order valence-electron chi connectivity index (χ3n) is 3.26. The highest BCUT2D eigenvalue weighted by Gasteiger charge is 2.34. The molecule has 0 spiro atoms. The third kappa shape index (κ3) is 4.87. The molecule has 2 amide bonds. The van der Waals surface area contributed by atoms with E-state index in [4.69, 9.17) is 0 Å². The summed E-state index contributed by atoms with van der Waals surface area (Å²) in [5.74, 6) is -1.14. The van der Waals surface area contributed by atoms with Gasteiger partial charge in [0.1, 0.15) is 6.42 Å². The second kappa shape index (κ2) is 6.95. The summed E-state index contributed by atoms with van der Waals surface area (Å²) in [5, 5.41) is 3.80. The van der Waals surface area contributed by atoms with Crippen LogP contribution >= 0.6 is 11.3 Å². The van der Waals surface area contributed by atoms with Crippen LogP contribution in [0, 0.1) is 0 Å². The first-order valence-electron chi connectivity index (χ1n) is 6.69. The Morgan fingerprint density at radius 1 is 1.18 bits per heavy atom. The number of halogens is 3. The first-order valence-corrected chi connectivity index (χ1v) is 7.63. The fraction of sp³-hybridized carbons (Fsp3) is 0.429. The summed E-state index contributed by atoms with van der Waals surface area (Å²) in [6, 6.07) is 1.88. The van der Waals surface area contributed by atoms with Crippen molar-refractivity contribution >= 4 is 29.2 Å². The summed E-state index contributed by atoms with van der Waals surface area (Å²) in [6.45, 7) is 0.757. The number of hydrogen-bond donors (Lipinski definition) is 0. The first-order chi connectivity index (χ1) is 10.3. The largest absolute Gasteiger partial charge is 0.397 e. The monoisotopic (exact) mass is 332 g/mol. The minimum Gasteiger partial charge on any atom is -0.339 e. The molecule has 8 heteroatoms. The topological polar surface area (TPSA) is 40.6 Å². The number of thiophene rings is 1. The van der Waals surface area contributed by atoms with Gasteiger partial charge in [-0.3, -0.25) is 9.59 Å². The molecule has 2 rings (SSSR count). The maximum absolute atomic E-state index is 12.2. The van der Waals surface area contributed by atoms with Crippen molar-refractivity contribution in [2.75, 3.05) is 26.2 Å². The van der Waals surface area contributed by atoms with Gasteiger partial charge in [-0.15, -0.1) is 0 Å². The van der Waals surface area contributed by atoms with Gasteiger partial charge in [-0.05, 0) is 28.5 Å². The van der Waals surface area contributed by atoms with Crippen LogP contribution in [0.25, 0.3) is 6.08 Å². The Kier molecular flexibility index (Phi) is 5.23. The summed E-state index contributed by atoms with van der Waals surface area (Å²) < 4.78 is 36.5. The van der Waals surface area contributed by atoms with Crippen LogP contribution in [0.15, 0.2) is 22.9 Å². The maximum atomic E-state index is 12.2. The minimum absolute atomic E-state index is 0.132. The van der Waals surface area contributed by atoms with Crippen molar-refractivity contribution in [1.82, 2.24) is 9.80 Å². The van der Waals surface area contributed by atoms with Crippen molar-refractivity contribution in [2.24, 2.45) is 0 Å². The van der Waals surface area contributed by atoms with Crippen LogP contribution in [-0.4, -0.2) is 54.0 Å². The molecule has 1 aliphatic heterocycles. The Bertz CT molecular complexity index is 547. The molecular weight excluding hydrogens is 317 g/mol. The second-order valence-corrected chi connectivity index (χ2v) is 5.67. The minimum atomic E-state index is -4.49. The molecule has 0 aliphatic carbocycles. The van der Waals surface area contributed by atoms with E-state index in [2.05, 4.69) is 0 Å². The molecule has 0 atom stereocenters. The lowest BCUT2D eigenvalue weighted by molar-refractivity contribution is -0.163. The zero-order chi connectivity index (χ0) is 16.2. The summed E-state index contributed by atoms with van der Waals surface area (Å²) in [5.41, 5.74) is 0.928. The smallest absolute Gasteiger partial charge is 0.339 e. The van der Waals surface area contributed by atoms with E-state index in [0.717, 1.165) is 10.5 Å². The molecule has 4 nitrogen and oxygen atoms in total. The Hall–Kier alpha value is -1.83. The average molecular weight is 332 g/mol. The predicted octanol–water partition coefficient (Wildman–Crippen LogP) is 2.38. The fourth-order valence-electron chi connectivity index (χ4n) is 2.10. The lowest BCUT2D eigenvalue weighted by atomic mass is 10.2. The van der Waals surface area contributed by atoms with Gasteiger partial charge in [0.15, 0.2) is 0 Å². The molecule has 0 aromatic carbocycles. The van der Waals surface area contributed by atoms with Crippen molar-refractivity contribution in [3.63, 3.8) is 0 Å². The molecule has 0 N–H and O–H groups in total. The van der Waals surface area contributed by atoms with Gasteiger partial charge in [0.05, 0.1) is 0 Å². The SMILES string of the molecule is O=C(C=Cc1ccsc1)N1CCN(C(=O)CC(F)(F)F)CC1. The highest BCUT2D eigenvalue weighted by Crippen LogP contribution is 2.21. The van der Waals surface area contributed by atoms with E-state index in [1.54, 1.807) is 6.08 Å². The molecule has 0 unspecified atom stereocenters. The number of amides is 2. The van der Waals surface area contributed by atoms with Crippen LogP contribution in [0.4, 0.5) is 13.2 Å². The highest BCUT2D eigenvalue weighted by molar-refractivity contribution is 7.08. The van der Waals surface area contributed by atoms with Crippen LogP contribution in [-0.2, 0) is 9.59 Å². The number of alkyl halides is 3. The summed E-state index contributed by atoms with van der Waals surface area (Å²) in [6.07, 6.45) is -2.80. The van der Waals surface area contributed by atoms with Gasteiger partial charge >= 0.3 is 6.18 Å². The molecule has 1 aromatic rings. The average Bonchev–Trinajstić information content (AvgIpc) is 2.96. The molecule has 120 valence electrons. The summed E-state index contributed by atoms with van der Waals surface area (Å²) >= 11 is 1.52. The van der Waals surface area contributed by atoms with Crippen LogP contribution in [0.5, 0.6) is 0 Å². The number of rotatable bonds is 3. The standard InChI is InChI=1S/C14H15F3N2O2S/c15-14(16,17)9-13(21)19-6-4-18(5-7-19)12(20)2-1-11-3-8-22-10-11/h1-3,8,10H,4-7,9H2. The fourth-order valence-corrected chi connectivity index (χ4v) is 2.73. The second-order valence-electron chi connectivity index (χ2n) is 4.89. The van der Waals surface area contributed by atoms with E-state index in [1.807, 2.05) is 16.8 Å². The first kappa shape index (κ1) is 16.5. The zero-order valence-corrected chi connectivity index (χ0v) is 12.5. The lowest BCUT2D eigenvalue weighted by Crippen LogP contribution is -2.50. The molecule has 1 aromatic heterocycles. The number of hydrogen-bond acceptors (Lipinski definition) is 3. The molecule has 0 bridgehead atoms. The molecular formula is C14H15F3N2O2S. The number of nitrogens with zero attached hydrogens (tertiary/aromatic N) is 2. The number of piperazine rings is 1. The Morgan fingerprint density at radius 3 is 2.36 bits per heavy atom. The molecule has 1 fully saturated rings. The van der Waals surface area contributed by atoms with Crippen LogP contribution in [0.1, 0.15) is 12.0 Å². The maximum Gasteiger partial charge on any atom is 0.397 e. The van der Waals surface area contributed by atoms with Crippen molar-refractivity contribution in [3.05, 3.63) is 28.5 Å². The summed E-state index contributed by atoms with van der Waals surface area (Å²) in [7, 11) is 0. The quantitative estimate of drug-likeness (QED) is 0.798. The molecule has 22 heavy (non-hydrogen) atoms. The van der Waals surface area contributed by atoms with Crippen LogP contribution < -0.4 is 0 Å². The van der Waals surface area contributed by atoms with Gasteiger partial charge in [0.25, 0.3) is 0 Å². The predicted molar refractivity (Wildman–Crippen MR) is 77.2 cm³/mol. The van der Waals surface area contributed by atoms with Gasteiger partial charge in [-0.2, -0.15) is 24.5 Å². The van der Waals surface area contributed by atoms with Crippen LogP contribution in [0.3, 0.4) is 0 Å². The lowest BCUT2D eigenvalue weighted by Gasteiger charge is -2.34. The van der Waals surface area contributed by atoms with E-state index in [1.165, 1.54) is 22.3 Å². The van der Waals surface area contributed by atoms with E-state index in [9.17, 15) is 22.8 Å². The van der Waals surface area contributed by atoms with Crippen molar-refractivity contribution in [3.8, 4) is 0 Å². The highest BCUT2D eigenvalue weighted by atomic mass is 32.1. The Balaban J connectivity index is 1.81. The number of carbonyl (C=O) groups excluding carboxylic acids is 2. The van der Waals surface area contributed by atoms with E-state index in [0.29, 0.717) is 0 Å². The van der Waals surface area contributed by atoms with E-state index < -0.39 is 18.5 Å². The molecule has 0 radical (unpaired) electrons. The third-order valence-corrected chi connectivity index (χ3v) is 3.96. The zero-order valence-electron chi connectivity index (χ0n) is 11.7. The summed E-state index contributed by atoms with van der Waals surface area (Å²) in [4.78, 5) is 26.1. The Morgan fingerprint density at radius 2 is 1.82 bits per heavy atom.